The maximum atomic E-state index is 6.43. The summed E-state index contributed by atoms with van der Waals surface area (Å²) in [6.45, 7) is 8.39. The van der Waals surface area contributed by atoms with E-state index in [4.69, 9.17) is 14.0 Å². The molecule has 0 N–H and O–H groups in total. The van der Waals surface area contributed by atoms with E-state index in [0.29, 0.717) is 0 Å². The van der Waals surface area contributed by atoms with Crippen LogP contribution in [0.3, 0.4) is 0 Å². The zero-order valence-corrected chi connectivity index (χ0v) is 20.9. The molecule has 176 valence electrons. The van der Waals surface area contributed by atoms with Gasteiger partial charge in [0.15, 0.2) is 0 Å². The minimum absolute atomic E-state index is 0.391. The Morgan fingerprint density at radius 2 is 1.34 bits per heavy atom. The van der Waals surface area contributed by atoms with Crippen LogP contribution in [0, 0.1) is 0 Å². The quantitative estimate of drug-likeness (QED) is 0.406. The van der Waals surface area contributed by atoms with Crippen LogP contribution in [0.1, 0.15) is 57.2 Å². The average molecular weight is 462 g/mol. The maximum absolute atomic E-state index is 6.43. The van der Waals surface area contributed by atoms with Crippen molar-refractivity contribution in [1.29, 1.82) is 0 Å². The highest BCUT2D eigenvalue weighted by Gasteiger charge is 2.52. The third-order valence-corrected chi connectivity index (χ3v) is 8.08. The highest BCUT2D eigenvalue weighted by atomic mass is 16.7. The zero-order chi connectivity index (χ0) is 24.3. The molecule has 4 heteroatoms. The molecule has 1 fully saturated rings. The Bertz CT molecular complexity index is 1290. The molecule has 0 bridgehead atoms. The van der Waals surface area contributed by atoms with Gasteiger partial charge >= 0.3 is 7.12 Å². The molecule has 35 heavy (non-hydrogen) atoms. The van der Waals surface area contributed by atoms with Crippen molar-refractivity contribution < 1.29 is 14.0 Å². The van der Waals surface area contributed by atoms with Gasteiger partial charge in [0.25, 0.3) is 0 Å². The second-order valence-corrected chi connectivity index (χ2v) is 10.7. The molecular weight excluding hydrogens is 431 g/mol. The standard InChI is InChI=1S/C31H31BO3/c1-29(2)30(3,4)35-32(34-29)24-16-12-15-23(21-24)31(22-13-6-5-7-14-22)25-17-8-10-19-27(25)33-28-20-11-9-18-26(28)31/h6,8-21H,5,7H2,1-4H3. The molecule has 0 radical (unpaired) electrons. The van der Waals surface area contributed by atoms with Crippen LogP contribution in [0.5, 0.6) is 11.5 Å². The van der Waals surface area contributed by atoms with E-state index in [-0.39, 0.29) is 0 Å². The van der Waals surface area contributed by atoms with Gasteiger partial charge < -0.3 is 14.0 Å². The van der Waals surface area contributed by atoms with Gasteiger partial charge in [0, 0.05) is 11.1 Å². The summed E-state index contributed by atoms with van der Waals surface area (Å²) < 4.78 is 19.3. The normalized spacial score (nSPS) is 21.0. The van der Waals surface area contributed by atoms with Crippen LogP contribution in [0.25, 0.3) is 0 Å². The number of benzene rings is 3. The summed E-state index contributed by atoms with van der Waals surface area (Å²) in [6, 6.07) is 25.6. The Morgan fingerprint density at radius 3 is 1.94 bits per heavy atom. The average Bonchev–Trinajstić information content (AvgIpc) is 3.10. The van der Waals surface area contributed by atoms with E-state index in [1.165, 1.54) is 11.1 Å². The number of ether oxygens (including phenoxy) is 1. The molecule has 0 spiro atoms. The molecule has 1 aliphatic carbocycles. The molecule has 3 aromatic rings. The second kappa shape index (κ2) is 7.98. The molecule has 0 aromatic heterocycles. The van der Waals surface area contributed by atoms with Crippen LogP contribution in [0.2, 0.25) is 0 Å². The van der Waals surface area contributed by atoms with E-state index < -0.39 is 23.7 Å². The van der Waals surface area contributed by atoms with Crippen LogP contribution in [-0.4, -0.2) is 18.3 Å². The highest BCUT2D eigenvalue weighted by Crippen LogP contribution is 2.56. The fourth-order valence-corrected chi connectivity index (χ4v) is 5.57. The predicted octanol–water partition coefficient (Wildman–Crippen LogP) is 6.70. The topological polar surface area (TPSA) is 27.7 Å². The lowest BCUT2D eigenvalue weighted by Gasteiger charge is -2.42. The van der Waals surface area contributed by atoms with Gasteiger partial charge in [-0.05, 0) is 69.3 Å². The van der Waals surface area contributed by atoms with Crippen molar-refractivity contribution >= 4 is 12.6 Å². The minimum Gasteiger partial charge on any atom is -0.457 e. The Balaban J connectivity index is 1.61. The molecule has 0 amide bonds. The van der Waals surface area contributed by atoms with Gasteiger partial charge in [-0.25, -0.2) is 0 Å². The number of allylic oxidation sites excluding steroid dienone is 4. The van der Waals surface area contributed by atoms with Crippen LogP contribution < -0.4 is 10.2 Å². The van der Waals surface area contributed by atoms with Gasteiger partial charge in [0.05, 0.1) is 16.6 Å². The molecule has 3 nitrogen and oxygen atoms in total. The van der Waals surface area contributed by atoms with Crippen LogP contribution in [0.4, 0.5) is 0 Å². The Morgan fingerprint density at radius 1 is 0.714 bits per heavy atom. The van der Waals surface area contributed by atoms with Crippen LogP contribution >= 0.6 is 0 Å². The largest absolute Gasteiger partial charge is 0.494 e. The number of fused-ring (bicyclic) bond motifs is 2. The SMILES string of the molecule is CC1(C)OB(c2cccc(C3(C4=CCCC=C4)c4ccccc4Oc4ccccc43)c2)OC1(C)C. The predicted molar refractivity (Wildman–Crippen MR) is 141 cm³/mol. The molecule has 0 unspecified atom stereocenters. The van der Waals surface area contributed by atoms with Crippen LogP contribution in [-0.2, 0) is 14.7 Å². The van der Waals surface area contributed by atoms with E-state index in [0.717, 1.165) is 40.9 Å². The fourth-order valence-electron chi connectivity index (χ4n) is 5.57. The monoisotopic (exact) mass is 462 g/mol. The number of rotatable bonds is 3. The van der Waals surface area contributed by atoms with E-state index in [2.05, 4.69) is 107 Å². The third-order valence-electron chi connectivity index (χ3n) is 8.08. The van der Waals surface area contributed by atoms with Crippen molar-refractivity contribution in [3.63, 3.8) is 0 Å². The summed E-state index contributed by atoms with van der Waals surface area (Å²) in [7, 11) is -0.418. The Kier molecular flexibility index (Phi) is 5.10. The molecule has 1 saturated heterocycles. The van der Waals surface area contributed by atoms with Gasteiger partial charge in [-0.15, -0.1) is 0 Å². The number of hydrogen-bond donors (Lipinski definition) is 0. The first-order valence-electron chi connectivity index (χ1n) is 12.5. The molecular formula is C31H31BO3. The highest BCUT2D eigenvalue weighted by molar-refractivity contribution is 6.62. The second-order valence-electron chi connectivity index (χ2n) is 10.7. The molecule has 3 aromatic carbocycles. The number of para-hydroxylation sites is 2. The molecule has 0 atom stereocenters. The third kappa shape index (κ3) is 3.35. The minimum atomic E-state index is -0.498. The van der Waals surface area contributed by atoms with Crippen molar-refractivity contribution in [2.75, 3.05) is 0 Å². The van der Waals surface area contributed by atoms with Gasteiger partial charge in [-0.1, -0.05) is 78.9 Å². The van der Waals surface area contributed by atoms with Gasteiger partial charge in [0.2, 0.25) is 0 Å². The van der Waals surface area contributed by atoms with Gasteiger partial charge in [0.1, 0.15) is 11.5 Å². The Hall–Kier alpha value is -3.08. The van der Waals surface area contributed by atoms with Crippen molar-refractivity contribution in [3.05, 3.63) is 113 Å². The van der Waals surface area contributed by atoms with Crippen molar-refractivity contribution in [3.8, 4) is 11.5 Å². The zero-order valence-electron chi connectivity index (χ0n) is 20.9. The van der Waals surface area contributed by atoms with Crippen LogP contribution in [0.15, 0.2) is 96.6 Å². The van der Waals surface area contributed by atoms with Gasteiger partial charge in [-0.2, -0.15) is 0 Å². The van der Waals surface area contributed by atoms with E-state index in [1.54, 1.807) is 0 Å². The molecule has 0 saturated carbocycles. The number of hydrogen-bond acceptors (Lipinski definition) is 3. The summed E-state index contributed by atoms with van der Waals surface area (Å²) in [5.74, 6) is 1.79. The summed E-state index contributed by atoms with van der Waals surface area (Å²) in [5, 5.41) is 0. The first-order chi connectivity index (χ1) is 16.8. The summed E-state index contributed by atoms with van der Waals surface area (Å²) >= 11 is 0. The molecule has 2 heterocycles. The maximum Gasteiger partial charge on any atom is 0.494 e. The summed E-state index contributed by atoms with van der Waals surface area (Å²) in [4.78, 5) is 0. The molecule has 6 rings (SSSR count). The van der Waals surface area contributed by atoms with E-state index in [1.807, 2.05) is 12.1 Å². The van der Waals surface area contributed by atoms with Gasteiger partial charge in [-0.3, -0.25) is 0 Å². The molecule has 3 aliphatic rings. The fraction of sp³-hybridized carbons (Fsp3) is 0.290. The lowest BCUT2D eigenvalue weighted by Crippen LogP contribution is -2.41. The lowest BCUT2D eigenvalue weighted by atomic mass is 9.61. The Labute approximate surface area is 208 Å². The van der Waals surface area contributed by atoms with Crippen molar-refractivity contribution in [2.45, 2.75) is 57.2 Å². The van der Waals surface area contributed by atoms with E-state index >= 15 is 0 Å². The summed E-state index contributed by atoms with van der Waals surface area (Å²) in [6.07, 6.45) is 9.06. The van der Waals surface area contributed by atoms with Crippen molar-refractivity contribution in [1.82, 2.24) is 0 Å². The first-order valence-corrected chi connectivity index (χ1v) is 12.5. The lowest BCUT2D eigenvalue weighted by molar-refractivity contribution is 0.00578. The van der Waals surface area contributed by atoms with Crippen molar-refractivity contribution in [2.24, 2.45) is 0 Å². The van der Waals surface area contributed by atoms with E-state index in [9.17, 15) is 0 Å². The first kappa shape index (κ1) is 22.4. The molecule has 2 aliphatic heterocycles. The smallest absolute Gasteiger partial charge is 0.457 e. The summed E-state index contributed by atoms with van der Waals surface area (Å²) in [5.41, 5.74) is 4.52.